The molecule has 9 heteroatoms. The number of carbonyl (C=O) groups excluding carboxylic acids is 3. The molecule has 1 aliphatic heterocycles. The predicted molar refractivity (Wildman–Crippen MR) is 115 cm³/mol. The van der Waals surface area contributed by atoms with Crippen molar-refractivity contribution >= 4 is 45.6 Å². The molecule has 0 saturated heterocycles. The molecule has 0 saturated carbocycles. The fraction of sp³-hybridized carbons (Fsp3) is 0.182. The van der Waals surface area contributed by atoms with Gasteiger partial charge in [-0.1, -0.05) is 30.3 Å². The number of nitrogens with one attached hydrogen (secondary N) is 1. The highest BCUT2D eigenvalue weighted by Gasteiger charge is 2.30. The summed E-state index contributed by atoms with van der Waals surface area (Å²) < 4.78 is 10.9. The van der Waals surface area contributed by atoms with Gasteiger partial charge in [-0.3, -0.25) is 19.3 Å². The smallest absolute Gasteiger partial charge is 0.310 e. The SMILES string of the molecule is CC(=O)N(c1ccccc1)c1nc(COC(=O)CC2Oc3ccccc3NC2=O)cs1. The molecule has 0 aliphatic carbocycles. The lowest BCUT2D eigenvalue weighted by Crippen LogP contribution is -2.38. The average molecular weight is 437 g/mol. The maximum absolute atomic E-state index is 12.2. The molecule has 0 bridgehead atoms. The van der Waals surface area contributed by atoms with Crippen LogP contribution in [0.1, 0.15) is 19.0 Å². The lowest BCUT2D eigenvalue weighted by Gasteiger charge is -2.25. The highest BCUT2D eigenvalue weighted by Crippen LogP contribution is 2.30. The lowest BCUT2D eigenvalue weighted by atomic mass is 10.1. The summed E-state index contributed by atoms with van der Waals surface area (Å²) in [6, 6.07) is 16.2. The molecule has 3 aromatic rings. The van der Waals surface area contributed by atoms with Crippen molar-refractivity contribution in [2.45, 2.75) is 26.1 Å². The second-order valence-corrected chi connectivity index (χ2v) is 7.60. The highest BCUT2D eigenvalue weighted by atomic mass is 32.1. The molecule has 2 aromatic carbocycles. The molecule has 31 heavy (non-hydrogen) atoms. The molecule has 158 valence electrons. The van der Waals surface area contributed by atoms with Crippen molar-refractivity contribution in [3.63, 3.8) is 0 Å². The van der Waals surface area contributed by atoms with Crippen LogP contribution in [0.15, 0.2) is 60.0 Å². The molecule has 1 aromatic heterocycles. The normalized spacial score (nSPS) is 14.7. The topological polar surface area (TPSA) is 97.8 Å². The van der Waals surface area contributed by atoms with E-state index >= 15 is 0 Å². The van der Waals surface area contributed by atoms with E-state index in [0.717, 1.165) is 0 Å². The summed E-state index contributed by atoms with van der Waals surface area (Å²) in [5.41, 5.74) is 1.78. The van der Waals surface area contributed by atoms with Crippen molar-refractivity contribution < 1.29 is 23.9 Å². The van der Waals surface area contributed by atoms with Gasteiger partial charge in [0, 0.05) is 12.3 Å². The maximum Gasteiger partial charge on any atom is 0.310 e. The third kappa shape index (κ3) is 4.72. The molecule has 1 atom stereocenters. The minimum absolute atomic E-state index is 0.0687. The first-order chi connectivity index (χ1) is 15.0. The van der Waals surface area contributed by atoms with Gasteiger partial charge in [0.2, 0.25) is 5.91 Å². The zero-order chi connectivity index (χ0) is 21.8. The van der Waals surface area contributed by atoms with E-state index in [1.54, 1.807) is 29.6 Å². The van der Waals surface area contributed by atoms with Crippen molar-refractivity contribution in [2.24, 2.45) is 0 Å². The monoisotopic (exact) mass is 437 g/mol. The number of benzene rings is 2. The van der Waals surface area contributed by atoms with Gasteiger partial charge in [0.05, 0.1) is 23.5 Å². The third-order valence-electron chi connectivity index (χ3n) is 4.50. The van der Waals surface area contributed by atoms with Crippen molar-refractivity contribution in [1.29, 1.82) is 0 Å². The summed E-state index contributed by atoms with van der Waals surface area (Å²) in [7, 11) is 0. The summed E-state index contributed by atoms with van der Waals surface area (Å²) in [6.07, 6.45) is -1.18. The molecule has 1 N–H and O–H groups in total. The van der Waals surface area contributed by atoms with Gasteiger partial charge in [-0.05, 0) is 24.3 Å². The summed E-state index contributed by atoms with van der Waals surface area (Å²) >= 11 is 1.27. The Bertz CT molecular complexity index is 1120. The van der Waals surface area contributed by atoms with Crippen LogP contribution < -0.4 is 15.0 Å². The number of nitrogens with zero attached hydrogens (tertiary/aromatic N) is 2. The Morgan fingerprint density at radius 1 is 1.16 bits per heavy atom. The van der Waals surface area contributed by atoms with E-state index in [9.17, 15) is 14.4 Å². The number of aromatic nitrogens is 1. The summed E-state index contributed by atoms with van der Waals surface area (Å²) in [4.78, 5) is 42.4. The van der Waals surface area contributed by atoms with Crippen LogP contribution in [-0.2, 0) is 25.7 Å². The number of amides is 2. The van der Waals surface area contributed by atoms with E-state index in [4.69, 9.17) is 9.47 Å². The quantitative estimate of drug-likeness (QED) is 0.591. The molecule has 0 spiro atoms. The Balaban J connectivity index is 1.36. The van der Waals surface area contributed by atoms with Crippen LogP contribution in [0, 0.1) is 0 Å². The second kappa shape index (κ2) is 8.97. The van der Waals surface area contributed by atoms with Gasteiger partial charge in [0.25, 0.3) is 5.91 Å². The minimum atomic E-state index is -0.959. The van der Waals surface area contributed by atoms with Gasteiger partial charge >= 0.3 is 5.97 Å². The number of esters is 1. The van der Waals surface area contributed by atoms with Crippen LogP contribution in [0.5, 0.6) is 5.75 Å². The van der Waals surface area contributed by atoms with E-state index in [2.05, 4.69) is 10.3 Å². The number of anilines is 3. The zero-order valence-corrected chi connectivity index (χ0v) is 17.4. The van der Waals surface area contributed by atoms with Crippen LogP contribution >= 0.6 is 11.3 Å². The number of para-hydroxylation sites is 3. The molecule has 1 unspecified atom stereocenters. The fourth-order valence-corrected chi connectivity index (χ4v) is 3.93. The summed E-state index contributed by atoms with van der Waals surface area (Å²) in [6.45, 7) is 1.39. The summed E-state index contributed by atoms with van der Waals surface area (Å²) in [5.74, 6) is -0.647. The van der Waals surface area contributed by atoms with E-state index in [1.165, 1.54) is 23.2 Å². The number of thiazole rings is 1. The molecule has 0 fully saturated rings. The molecule has 0 radical (unpaired) electrons. The minimum Gasteiger partial charge on any atom is -0.478 e. The second-order valence-electron chi connectivity index (χ2n) is 6.77. The number of ether oxygens (including phenoxy) is 2. The molecule has 2 heterocycles. The van der Waals surface area contributed by atoms with Gasteiger partial charge in [0.1, 0.15) is 12.4 Å². The zero-order valence-electron chi connectivity index (χ0n) is 16.6. The van der Waals surface area contributed by atoms with Crippen molar-refractivity contribution in [3.05, 3.63) is 65.7 Å². The Hall–Kier alpha value is -3.72. The van der Waals surface area contributed by atoms with Crippen LogP contribution in [0.2, 0.25) is 0 Å². The number of rotatable bonds is 6. The predicted octanol–water partition coefficient (Wildman–Crippen LogP) is 3.66. The lowest BCUT2D eigenvalue weighted by molar-refractivity contribution is -0.149. The third-order valence-corrected chi connectivity index (χ3v) is 5.37. The Kier molecular flexibility index (Phi) is 5.94. The van der Waals surface area contributed by atoms with Crippen LogP contribution in [-0.4, -0.2) is 28.9 Å². The number of hydrogen-bond acceptors (Lipinski definition) is 7. The van der Waals surface area contributed by atoms with Crippen LogP contribution in [0.3, 0.4) is 0 Å². The first-order valence-electron chi connectivity index (χ1n) is 9.53. The molecule has 8 nitrogen and oxygen atoms in total. The summed E-state index contributed by atoms with van der Waals surface area (Å²) in [5, 5.41) is 4.92. The van der Waals surface area contributed by atoms with Gasteiger partial charge in [-0.2, -0.15) is 0 Å². The van der Waals surface area contributed by atoms with Gasteiger partial charge in [-0.15, -0.1) is 11.3 Å². The first-order valence-corrected chi connectivity index (χ1v) is 10.4. The van der Waals surface area contributed by atoms with E-state index in [0.29, 0.717) is 27.9 Å². The Morgan fingerprint density at radius 2 is 1.90 bits per heavy atom. The largest absolute Gasteiger partial charge is 0.478 e. The number of carbonyl (C=O) groups is 3. The number of hydrogen-bond donors (Lipinski definition) is 1. The molecule has 1 aliphatic rings. The number of fused-ring (bicyclic) bond motifs is 1. The van der Waals surface area contributed by atoms with Crippen LogP contribution in [0.4, 0.5) is 16.5 Å². The first kappa shape index (κ1) is 20.5. The van der Waals surface area contributed by atoms with E-state index < -0.39 is 18.0 Å². The van der Waals surface area contributed by atoms with Gasteiger partial charge < -0.3 is 14.8 Å². The maximum atomic E-state index is 12.2. The Labute approximate surface area is 182 Å². The highest BCUT2D eigenvalue weighted by molar-refractivity contribution is 7.14. The molecule has 4 rings (SSSR count). The fourth-order valence-electron chi connectivity index (χ4n) is 3.06. The molecule has 2 amide bonds. The van der Waals surface area contributed by atoms with E-state index in [-0.39, 0.29) is 18.9 Å². The van der Waals surface area contributed by atoms with Gasteiger partial charge in [-0.25, -0.2) is 4.98 Å². The average Bonchev–Trinajstić information content (AvgIpc) is 3.22. The van der Waals surface area contributed by atoms with Gasteiger partial charge in [0.15, 0.2) is 11.2 Å². The molecular formula is C22H19N3O5S. The standard InChI is InChI=1S/C22H19N3O5S/c1-14(26)25(16-7-3-2-4-8-16)22-23-15(13-31-22)12-29-20(27)11-19-21(28)24-17-9-5-6-10-18(17)30-19/h2-10,13,19H,11-12H2,1H3,(H,24,28). The van der Waals surface area contributed by atoms with Crippen molar-refractivity contribution in [1.82, 2.24) is 4.98 Å². The van der Waals surface area contributed by atoms with Crippen molar-refractivity contribution in [2.75, 3.05) is 10.2 Å². The van der Waals surface area contributed by atoms with E-state index in [1.807, 2.05) is 30.3 Å². The molecular weight excluding hydrogens is 418 g/mol. The van der Waals surface area contributed by atoms with Crippen molar-refractivity contribution in [3.8, 4) is 5.75 Å². The Morgan fingerprint density at radius 3 is 2.68 bits per heavy atom. The van der Waals surface area contributed by atoms with Crippen LogP contribution in [0.25, 0.3) is 0 Å².